The minimum Gasteiger partial charge on any atom is -0.491 e. The molecule has 0 aliphatic carbocycles. The topological polar surface area (TPSA) is 76.7 Å². The first kappa shape index (κ1) is 19.5. The average Bonchev–Trinajstić information content (AvgIpc) is 2.94. The van der Waals surface area contributed by atoms with Gasteiger partial charge in [-0.05, 0) is 41.8 Å². The summed E-state index contributed by atoms with van der Waals surface area (Å²) in [6, 6.07) is 11.8. The van der Waals surface area contributed by atoms with E-state index in [2.05, 4.69) is 15.4 Å². The Labute approximate surface area is 158 Å². The van der Waals surface area contributed by atoms with Gasteiger partial charge in [0.2, 0.25) is 0 Å². The molecule has 0 aromatic heterocycles. The Morgan fingerprint density at radius 1 is 0.929 bits per heavy atom. The summed E-state index contributed by atoms with van der Waals surface area (Å²) in [6.45, 7) is 1.74. The van der Waals surface area contributed by atoms with Crippen LogP contribution in [0.2, 0.25) is 0 Å². The van der Waals surface area contributed by atoms with Crippen molar-refractivity contribution in [3.63, 3.8) is 0 Å². The summed E-state index contributed by atoms with van der Waals surface area (Å²) in [5, 5.41) is 4.77. The third kappa shape index (κ3) is 4.36. The lowest BCUT2D eigenvalue weighted by molar-refractivity contribution is -0.274. The van der Waals surface area contributed by atoms with Crippen molar-refractivity contribution in [2.45, 2.75) is 25.2 Å². The molecule has 2 aromatic carbocycles. The van der Waals surface area contributed by atoms with Crippen molar-refractivity contribution < 1.29 is 32.2 Å². The monoisotopic (exact) mass is 394 g/mol. The maximum absolute atomic E-state index is 12.2. The van der Waals surface area contributed by atoms with E-state index in [9.17, 15) is 22.8 Å². The number of amides is 3. The number of hydrogen-bond donors (Lipinski definition) is 2. The average molecular weight is 394 g/mol. The number of nitrogens with one attached hydrogen (secondary N) is 2. The van der Waals surface area contributed by atoms with Gasteiger partial charge in [-0.3, -0.25) is 10.1 Å². The highest BCUT2D eigenvalue weighted by Crippen LogP contribution is 2.28. The standard InChI is InChI=1S/C19H17F3N2O4/c1-2-18(16(25)23-17(26)24-18)11-27-14-7-3-12(4-8-14)13-5-9-15(10-6-13)28-19(20,21)22/h3-10H,2,11H2,1H3,(H2,23,24,25,26). The summed E-state index contributed by atoms with van der Waals surface area (Å²) < 4.78 is 46.1. The van der Waals surface area contributed by atoms with Gasteiger partial charge in [0.05, 0.1) is 0 Å². The zero-order chi connectivity index (χ0) is 20.4. The Hall–Kier alpha value is -3.23. The molecule has 1 fully saturated rings. The molecule has 3 rings (SSSR count). The summed E-state index contributed by atoms with van der Waals surface area (Å²) in [5.41, 5.74) is 0.362. The maximum Gasteiger partial charge on any atom is 0.573 e. The van der Waals surface area contributed by atoms with E-state index in [0.717, 1.165) is 5.56 Å². The van der Waals surface area contributed by atoms with Crippen LogP contribution in [0, 0.1) is 0 Å². The molecule has 1 atom stereocenters. The first-order valence-electron chi connectivity index (χ1n) is 8.43. The van der Waals surface area contributed by atoms with Crippen molar-refractivity contribution in [2.75, 3.05) is 6.61 Å². The largest absolute Gasteiger partial charge is 0.573 e. The molecular weight excluding hydrogens is 377 g/mol. The normalized spacial score (nSPS) is 19.1. The molecule has 3 amide bonds. The van der Waals surface area contributed by atoms with Crippen LogP contribution >= 0.6 is 0 Å². The predicted molar refractivity (Wildman–Crippen MR) is 93.8 cm³/mol. The van der Waals surface area contributed by atoms with Crippen molar-refractivity contribution in [3.05, 3.63) is 48.5 Å². The van der Waals surface area contributed by atoms with Gasteiger partial charge in [-0.25, -0.2) is 4.79 Å². The van der Waals surface area contributed by atoms with Gasteiger partial charge in [0, 0.05) is 0 Å². The van der Waals surface area contributed by atoms with Gasteiger partial charge >= 0.3 is 12.4 Å². The van der Waals surface area contributed by atoms with E-state index in [1.807, 2.05) is 0 Å². The Morgan fingerprint density at radius 3 is 1.89 bits per heavy atom. The molecule has 0 bridgehead atoms. The molecule has 1 saturated heterocycles. The van der Waals surface area contributed by atoms with Crippen molar-refractivity contribution in [2.24, 2.45) is 0 Å². The van der Waals surface area contributed by atoms with Crippen LogP contribution < -0.4 is 20.1 Å². The summed E-state index contributed by atoms with van der Waals surface area (Å²) in [7, 11) is 0. The Kier molecular flexibility index (Phi) is 5.17. The molecule has 2 N–H and O–H groups in total. The minimum atomic E-state index is -4.73. The van der Waals surface area contributed by atoms with Gasteiger partial charge in [0.15, 0.2) is 5.54 Å². The number of ether oxygens (including phenoxy) is 2. The zero-order valence-corrected chi connectivity index (χ0v) is 14.8. The van der Waals surface area contributed by atoms with Gasteiger partial charge in [-0.1, -0.05) is 31.2 Å². The van der Waals surface area contributed by atoms with E-state index in [1.165, 1.54) is 24.3 Å². The van der Waals surface area contributed by atoms with E-state index < -0.39 is 23.8 Å². The number of halogens is 3. The lowest BCUT2D eigenvalue weighted by Crippen LogP contribution is -2.51. The van der Waals surface area contributed by atoms with Crippen LogP contribution in [0.4, 0.5) is 18.0 Å². The van der Waals surface area contributed by atoms with Crippen LogP contribution in [0.1, 0.15) is 13.3 Å². The highest BCUT2D eigenvalue weighted by molar-refractivity contribution is 6.07. The van der Waals surface area contributed by atoms with Crippen molar-refractivity contribution in [3.8, 4) is 22.6 Å². The predicted octanol–water partition coefficient (Wildman–Crippen LogP) is 3.62. The second-order valence-corrected chi connectivity index (χ2v) is 6.23. The first-order chi connectivity index (χ1) is 13.2. The number of urea groups is 1. The lowest BCUT2D eigenvalue weighted by Gasteiger charge is -2.24. The smallest absolute Gasteiger partial charge is 0.491 e. The van der Waals surface area contributed by atoms with Crippen molar-refractivity contribution in [1.82, 2.24) is 10.6 Å². The number of rotatable bonds is 6. The molecule has 0 spiro atoms. The third-order valence-corrected chi connectivity index (χ3v) is 4.38. The summed E-state index contributed by atoms with van der Waals surface area (Å²) in [5.74, 6) is -0.238. The van der Waals surface area contributed by atoms with Crippen LogP contribution in [0.15, 0.2) is 48.5 Å². The second kappa shape index (κ2) is 7.41. The molecule has 148 valence electrons. The molecule has 28 heavy (non-hydrogen) atoms. The number of benzene rings is 2. The molecule has 0 radical (unpaired) electrons. The number of imide groups is 1. The third-order valence-electron chi connectivity index (χ3n) is 4.38. The summed E-state index contributed by atoms with van der Waals surface area (Å²) in [4.78, 5) is 23.3. The molecule has 6 nitrogen and oxygen atoms in total. The van der Waals surface area contributed by atoms with Crippen LogP contribution in [0.25, 0.3) is 11.1 Å². The molecule has 1 aliphatic rings. The molecule has 1 aliphatic heterocycles. The fraction of sp³-hybridized carbons (Fsp3) is 0.263. The molecule has 2 aromatic rings. The SMILES string of the molecule is CCC1(COc2ccc(-c3ccc(OC(F)(F)F)cc3)cc2)NC(=O)NC1=O. The molecule has 0 saturated carbocycles. The highest BCUT2D eigenvalue weighted by atomic mass is 19.4. The summed E-state index contributed by atoms with van der Waals surface area (Å²) >= 11 is 0. The molecule has 1 unspecified atom stereocenters. The summed E-state index contributed by atoms with van der Waals surface area (Å²) in [6.07, 6.45) is -4.36. The second-order valence-electron chi connectivity index (χ2n) is 6.23. The van der Waals surface area contributed by atoms with Crippen LogP contribution in [0.5, 0.6) is 11.5 Å². The number of carbonyl (C=O) groups excluding carboxylic acids is 2. The number of carbonyl (C=O) groups is 2. The van der Waals surface area contributed by atoms with Gasteiger partial charge in [0.25, 0.3) is 5.91 Å². The van der Waals surface area contributed by atoms with E-state index in [1.54, 1.807) is 31.2 Å². The molecule has 9 heteroatoms. The molecular formula is C19H17F3N2O4. The van der Waals surface area contributed by atoms with Crippen LogP contribution in [-0.4, -0.2) is 30.4 Å². The fourth-order valence-electron chi connectivity index (χ4n) is 2.78. The molecule has 1 heterocycles. The van der Waals surface area contributed by atoms with Gasteiger partial charge < -0.3 is 14.8 Å². The minimum absolute atomic E-state index is 0.0239. The van der Waals surface area contributed by atoms with E-state index in [4.69, 9.17) is 4.74 Å². The Morgan fingerprint density at radius 2 is 1.46 bits per heavy atom. The lowest BCUT2D eigenvalue weighted by atomic mass is 9.98. The quantitative estimate of drug-likeness (QED) is 0.734. The number of alkyl halides is 3. The van der Waals surface area contributed by atoms with Crippen LogP contribution in [0.3, 0.4) is 0 Å². The Balaban J connectivity index is 1.65. The van der Waals surface area contributed by atoms with Gasteiger partial charge in [0.1, 0.15) is 18.1 Å². The van der Waals surface area contributed by atoms with Crippen molar-refractivity contribution in [1.29, 1.82) is 0 Å². The maximum atomic E-state index is 12.2. The fourth-order valence-corrected chi connectivity index (χ4v) is 2.78. The van der Waals surface area contributed by atoms with Crippen molar-refractivity contribution >= 4 is 11.9 Å². The zero-order valence-electron chi connectivity index (χ0n) is 14.8. The van der Waals surface area contributed by atoms with E-state index in [-0.39, 0.29) is 12.4 Å². The van der Waals surface area contributed by atoms with Gasteiger partial charge in [-0.2, -0.15) is 0 Å². The first-order valence-corrected chi connectivity index (χ1v) is 8.43. The van der Waals surface area contributed by atoms with E-state index in [0.29, 0.717) is 17.7 Å². The van der Waals surface area contributed by atoms with E-state index >= 15 is 0 Å². The number of hydrogen-bond acceptors (Lipinski definition) is 4. The Bertz CT molecular complexity index is 866. The van der Waals surface area contributed by atoms with Crippen LogP contribution in [-0.2, 0) is 4.79 Å². The highest BCUT2D eigenvalue weighted by Gasteiger charge is 2.45. The van der Waals surface area contributed by atoms with Gasteiger partial charge in [-0.15, -0.1) is 13.2 Å².